The second kappa shape index (κ2) is 10.9. The Bertz CT molecular complexity index is 1440. The standard InChI is InChI=1S/C28H25F3N4O2S/c1-32-34-25-14-23(13-10-21(25)17-36)38-35(16-18-6-11-22(12-7-18)37-28(29,30)31)27-26(19-8-9-19)24-5-3-2-4-20(24)15-33-27/h2-7,10-15,17,19,32,34H,8-9,16H2,1H3. The van der Waals surface area contributed by atoms with Crippen LogP contribution in [0, 0.1) is 0 Å². The number of benzene rings is 3. The van der Waals surface area contributed by atoms with E-state index in [1.54, 1.807) is 25.2 Å². The van der Waals surface area contributed by atoms with E-state index in [2.05, 4.69) is 26.0 Å². The average Bonchev–Trinajstić information content (AvgIpc) is 3.74. The molecule has 0 aliphatic heterocycles. The van der Waals surface area contributed by atoms with Gasteiger partial charge in [0, 0.05) is 34.7 Å². The van der Waals surface area contributed by atoms with Crippen molar-refractivity contribution < 1.29 is 22.7 Å². The van der Waals surface area contributed by atoms with Crippen molar-refractivity contribution in [2.75, 3.05) is 16.8 Å². The van der Waals surface area contributed by atoms with E-state index in [1.807, 2.05) is 36.5 Å². The Hall–Kier alpha value is -3.76. The first-order valence-electron chi connectivity index (χ1n) is 12.0. The minimum Gasteiger partial charge on any atom is -0.406 e. The van der Waals surface area contributed by atoms with Crippen LogP contribution in [0.15, 0.2) is 77.8 Å². The molecule has 5 rings (SSSR count). The van der Waals surface area contributed by atoms with Crippen molar-refractivity contribution in [3.8, 4) is 5.75 Å². The number of aldehydes is 1. The zero-order valence-corrected chi connectivity index (χ0v) is 21.3. The molecular weight excluding hydrogens is 513 g/mol. The summed E-state index contributed by atoms with van der Waals surface area (Å²) in [5.41, 5.74) is 8.94. The fraction of sp³-hybridized carbons (Fsp3) is 0.214. The molecule has 0 saturated heterocycles. The molecule has 0 bridgehead atoms. The molecular formula is C28H25F3N4O2S. The highest BCUT2D eigenvalue weighted by atomic mass is 32.2. The summed E-state index contributed by atoms with van der Waals surface area (Å²) in [5, 5.41) is 2.21. The van der Waals surface area contributed by atoms with Crippen LogP contribution in [0.1, 0.15) is 40.2 Å². The van der Waals surface area contributed by atoms with Gasteiger partial charge in [-0.05, 0) is 72.0 Å². The molecule has 0 unspecified atom stereocenters. The molecule has 1 aliphatic carbocycles. The number of hydrazine groups is 1. The van der Waals surface area contributed by atoms with Gasteiger partial charge >= 0.3 is 6.36 Å². The summed E-state index contributed by atoms with van der Waals surface area (Å²) in [5.74, 6) is 0.942. The summed E-state index contributed by atoms with van der Waals surface area (Å²) in [4.78, 5) is 17.2. The fourth-order valence-corrected chi connectivity index (χ4v) is 5.33. The van der Waals surface area contributed by atoms with Crippen molar-refractivity contribution in [1.82, 2.24) is 10.4 Å². The normalized spacial score (nSPS) is 13.4. The number of aromatic nitrogens is 1. The van der Waals surface area contributed by atoms with Gasteiger partial charge in [0.15, 0.2) is 6.29 Å². The number of ether oxygens (including phenoxy) is 1. The number of hydrogen-bond acceptors (Lipinski definition) is 7. The van der Waals surface area contributed by atoms with Gasteiger partial charge in [0.25, 0.3) is 0 Å². The van der Waals surface area contributed by atoms with Crippen molar-refractivity contribution in [2.45, 2.75) is 36.6 Å². The van der Waals surface area contributed by atoms with Crippen molar-refractivity contribution in [1.29, 1.82) is 0 Å². The van der Waals surface area contributed by atoms with Crippen LogP contribution in [-0.4, -0.2) is 24.7 Å². The van der Waals surface area contributed by atoms with Gasteiger partial charge in [0.05, 0.1) is 12.2 Å². The third-order valence-corrected chi connectivity index (χ3v) is 7.14. The van der Waals surface area contributed by atoms with Crippen molar-refractivity contribution in [3.05, 3.63) is 89.6 Å². The summed E-state index contributed by atoms with van der Waals surface area (Å²) >= 11 is 1.45. The summed E-state index contributed by atoms with van der Waals surface area (Å²) in [7, 11) is 1.72. The molecule has 2 N–H and O–H groups in total. The molecule has 0 atom stereocenters. The first-order valence-corrected chi connectivity index (χ1v) is 12.8. The monoisotopic (exact) mass is 538 g/mol. The quantitative estimate of drug-likeness (QED) is 0.127. The Morgan fingerprint density at radius 2 is 1.87 bits per heavy atom. The Morgan fingerprint density at radius 1 is 1.11 bits per heavy atom. The number of anilines is 2. The number of halogens is 3. The van der Waals surface area contributed by atoms with Crippen LogP contribution in [0.4, 0.5) is 24.7 Å². The molecule has 0 spiro atoms. The highest BCUT2D eigenvalue weighted by Crippen LogP contribution is 2.48. The Kier molecular flexibility index (Phi) is 7.44. The lowest BCUT2D eigenvalue weighted by molar-refractivity contribution is -0.274. The van der Waals surface area contributed by atoms with E-state index in [1.165, 1.54) is 29.6 Å². The van der Waals surface area contributed by atoms with Crippen molar-refractivity contribution in [3.63, 3.8) is 0 Å². The SMILES string of the molecule is CNNc1cc(SN(Cc2ccc(OC(F)(F)F)cc2)c2ncc3ccccc3c2C2CC2)ccc1C=O. The maximum atomic E-state index is 12.6. The van der Waals surface area contributed by atoms with Gasteiger partial charge in [-0.15, -0.1) is 13.2 Å². The van der Waals surface area contributed by atoms with E-state index in [9.17, 15) is 18.0 Å². The van der Waals surface area contributed by atoms with Crippen LogP contribution in [0.25, 0.3) is 10.8 Å². The van der Waals surface area contributed by atoms with Crippen LogP contribution in [-0.2, 0) is 6.54 Å². The molecule has 1 aliphatic rings. The molecule has 1 fully saturated rings. The number of nitrogens with one attached hydrogen (secondary N) is 2. The Balaban J connectivity index is 1.54. The van der Waals surface area contributed by atoms with Crippen LogP contribution in [0.2, 0.25) is 0 Å². The molecule has 1 saturated carbocycles. The van der Waals surface area contributed by atoms with Crippen LogP contribution >= 0.6 is 11.9 Å². The predicted molar refractivity (Wildman–Crippen MR) is 143 cm³/mol. The smallest absolute Gasteiger partial charge is 0.406 e. The van der Waals surface area contributed by atoms with Gasteiger partial charge in [-0.3, -0.25) is 9.10 Å². The van der Waals surface area contributed by atoms with Gasteiger partial charge in [0.1, 0.15) is 11.6 Å². The third kappa shape index (κ3) is 6.03. The molecule has 1 heterocycles. The first kappa shape index (κ1) is 25.9. The molecule has 196 valence electrons. The Morgan fingerprint density at radius 3 is 2.55 bits per heavy atom. The number of rotatable bonds is 10. The number of pyridine rings is 1. The third-order valence-electron chi connectivity index (χ3n) is 6.15. The minimum atomic E-state index is -4.75. The Labute approximate surface area is 222 Å². The predicted octanol–water partition coefficient (Wildman–Crippen LogP) is 7.08. The van der Waals surface area contributed by atoms with E-state index in [0.717, 1.165) is 46.2 Å². The number of fused-ring (bicyclic) bond motifs is 1. The van der Waals surface area contributed by atoms with Gasteiger partial charge in [-0.1, -0.05) is 36.4 Å². The first-order chi connectivity index (χ1) is 18.3. The van der Waals surface area contributed by atoms with E-state index in [-0.39, 0.29) is 5.75 Å². The number of nitrogens with zero attached hydrogens (tertiary/aromatic N) is 2. The number of carbonyl (C=O) groups excluding carboxylic acids is 1. The summed E-state index contributed by atoms with van der Waals surface area (Å²) in [6, 6.07) is 19.5. The molecule has 10 heteroatoms. The van der Waals surface area contributed by atoms with E-state index in [4.69, 9.17) is 4.98 Å². The van der Waals surface area contributed by atoms with Gasteiger partial charge in [-0.2, -0.15) is 0 Å². The molecule has 4 aromatic rings. The van der Waals surface area contributed by atoms with Crippen LogP contribution < -0.4 is 19.9 Å². The summed E-state index contributed by atoms with van der Waals surface area (Å²) in [6.07, 6.45) is 0.0502. The summed E-state index contributed by atoms with van der Waals surface area (Å²) in [6.45, 7) is 0.381. The zero-order valence-electron chi connectivity index (χ0n) is 20.5. The van der Waals surface area contributed by atoms with E-state index < -0.39 is 6.36 Å². The van der Waals surface area contributed by atoms with E-state index >= 15 is 0 Å². The van der Waals surface area contributed by atoms with Crippen LogP contribution in [0.5, 0.6) is 5.75 Å². The van der Waals surface area contributed by atoms with Crippen molar-refractivity contribution >= 4 is 40.5 Å². The lowest BCUT2D eigenvalue weighted by Gasteiger charge is -2.26. The second-order valence-corrected chi connectivity index (χ2v) is 10.0. The second-order valence-electron chi connectivity index (χ2n) is 8.92. The van der Waals surface area contributed by atoms with E-state index in [0.29, 0.717) is 23.7 Å². The highest BCUT2D eigenvalue weighted by molar-refractivity contribution is 8.00. The largest absolute Gasteiger partial charge is 0.573 e. The molecule has 0 amide bonds. The number of hydrogen-bond donors (Lipinski definition) is 2. The minimum absolute atomic E-state index is 0.268. The van der Waals surface area contributed by atoms with Gasteiger partial charge in [-0.25, -0.2) is 10.4 Å². The molecule has 6 nitrogen and oxygen atoms in total. The summed E-state index contributed by atoms with van der Waals surface area (Å²) < 4.78 is 44.0. The van der Waals surface area contributed by atoms with Gasteiger partial charge < -0.3 is 10.2 Å². The lowest BCUT2D eigenvalue weighted by atomic mass is 10.0. The molecule has 0 radical (unpaired) electrons. The maximum absolute atomic E-state index is 12.6. The lowest BCUT2D eigenvalue weighted by Crippen LogP contribution is -2.19. The topological polar surface area (TPSA) is 66.5 Å². The van der Waals surface area contributed by atoms with Gasteiger partial charge in [0.2, 0.25) is 0 Å². The average molecular weight is 539 g/mol. The molecule has 38 heavy (non-hydrogen) atoms. The van der Waals surface area contributed by atoms with Crippen LogP contribution in [0.3, 0.4) is 0 Å². The number of alkyl halides is 3. The molecule has 1 aromatic heterocycles. The van der Waals surface area contributed by atoms with Crippen molar-refractivity contribution in [2.24, 2.45) is 0 Å². The maximum Gasteiger partial charge on any atom is 0.573 e. The zero-order chi connectivity index (χ0) is 26.7. The number of carbonyl (C=O) groups is 1. The fourth-order valence-electron chi connectivity index (χ4n) is 4.33. The molecule has 3 aromatic carbocycles. The highest BCUT2D eigenvalue weighted by Gasteiger charge is 2.32.